The third-order valence-electron chi connectivity index (χ3n) is 6.21. The number of ether oxygens (including phenoxy) is 2. The molecule has 0 unspecified atom stereocenters. The first kappa shape index (κ1) is 27.7. The SMILES string of the molecule is CCCOC(CC(C)C)(CC(C)C)C(=O)Nc1ccc(OCCCN2CCC[C@H](C)C2)cc1. The van der Waals surface area contributed by atoms with Crippen molar-refractivity contribution in [2.75, 3.05) is 38.2 Å². The molecule has 1 aliphatic heterocycles. The molecule has 1 aromatic rings. The van der Waals surface area contributed by atoms with Gasteiger partial charge in [0.25, 0.3) is 5.91 Å². The van der Waals surface area contributed by atoms with Crippen LogP contribution in [0.3, 0.4) is 0 Å². The van der Waals surface area contributed by atoms with Crippen LogP contribution in [0, 0.1) is 17.8 Å². The lowest BCUT2D eigenvalue weighted by Crippen LogP contribution is -2.47. The summed E-state index contributed by atoms with van der Waals surface area (Å²) in [5, 5.41) is 3.12. The molecule has 1 N–H and O–H groups in total. The molecule has 1 amide bonds. The first-order chi connectivity index (χ1) is 15.7. The molecule has 0 bridgehead atoms. The summed E-state index contributed by atoms with van der Waals surface area (Å²) in [4.78, 5) is 16.0. The molecule has 1 atom stereocenters. The minimum Gasteiger partial charge on any atom is -0.494 e. The molecule has 5 nitrogen and oxygen atoms in total. The summed E-state index contributed by atoms with van der Waals surface area (Å²) in [6.45, 7) is 17.9. The highest BCUT2D eigenvalue weighted by Gasteiger charge is 2.40. The Balaban J connectivity index is 1.90. The van der Waals surface area contributed by atoms with Gasteiger partial charge in [-0.3, -0.25) is 4.79 Å². The van der Waals surface area contributed by atoms with Crippen molar-refractivity contribution in [2.45, 2.75) is 85.7 Å². The second-order valence-corrected chi connectivity index (χ2v) is 10.8. The van der Waals surface area contributed by atoms with Crippen molar-refractivity contribution in [1.29, 1.82) is 0 Å². The average molecular weight is 461 g/mol. The fourth-order valence-corrected chi connectivity index (χ4v) is 4.92. The fraction of sp³-hybridized carbons (Fsp3) is 0.750. The van der Waals surface area contributed by atoms with E-state index in [4.69, 9.17) is 9.47 Å². The molecule has 0 spiro atoms. The average Bonchev–Trinajstić information content (AvgIpc) is 2.75. The van der Waals surface area contributed by atoms with Crippen molar-refractivity contribution in [3.8, 4) is 5.75 Å². The quantitative estimate of drug-likeness (QED) is 0.327. The summed E-state index contributed by atoms with van der Waals surface area (Å²) in [6, 6.07) is 7.74. The van der Waals surface area contributed by atoms with Gasteiger partial charge in [0.2, 0.25) is 0 Å². The molecular weight excluding hydrogens is 412 g/mol. The van der Waals surface area contributed by atoms with Gasteiger partial charge in [-0.25, -0.2) is 0 Å². The highest BCUT2D eigenvalue weighted by atomic mass is 16.5. The molecule has 2 rings (SSSR count). The van der Waals surface area contributed by atoms with Gasteiger partial charge in [-0.1, -0.05) is 41.5 Å². The Morgan fingerprint density at radius 2 is 1.79 bits per heavy atom. The first-order valence-electron chi connectivity index (χ1n) is 13.1. The second kappa shape index (κ2) is 14.0. The van der Waals surface area contributed by atoms with Gasteiger partial charge in [0, 0.05) is 25.4 Å². The van der Waals surface area contributed by atoms with Crippen LogP contribution in [0.25, 0.3) is 0 Å². The Morgan fingerprint density at radius 3 is 2.36 bits per heavy atom. The molecule has 1 saturated heterocycles. The number of benzene rings is 1. The predicted molar refractivity (Wildman–Crippen MR) is 138 cm³/mol. The summed E-state index contributed by atoms with van der Waals surface area (Å²) in [6.07, 6.45) is 6.04. The second-order valence-electron chi connectivity index (χ2n) is 10.8. The van der Waals surface area contributed by atoms with Gasteiger partial charge >= 0.3 is 0 Å². The van der Waals surface area contributed by atoms with Crippen LogP contribution in [0.4, 0.5) is 5.69 Å². The van der Waals surface area contributed by atoms with E-state index >= 15 is 0 Å². The van der Waals surface area contributed by atoms with Crippen molar-refractivity contribution in [1.82, 2.24) is 4.90 Å². The summed E-state index contributed by atoms with van der Waals surface area (Å²) < 4.78 is 12.2. The summed E-state index contributed by atoms with van der Waals surface area (Å²) in [7, 11) is 0. The largest absolute Gasteiger partial charge is 0.494 e. The molecule has 0 aromatic heterocycles. The van der Waals surface area contributed by atoms with Gasteiger partial charge in [-0.15, -0.1) is 0 Å². The van der Waals surface area contributed by atoms with Crippen molar-refractivity contribution >= 4 is 11.6 Å². The lowest BCUT2D eigenvalue weighted by molar-refractivity contribution is -0.147. The molecule has 0 aliphatic carbocycles. The van der Waals surface area contributed by atoms with E-state index < -0.39 is 5.60 Å². The smallest absolute Gasteiger partial charge is 0.256 e. The molecule has 1 aromatic carbocycles. The minimum atomic E-state index is -0.792. The number of carbonyl (C=O) groups excluding carboxylic acids is 1. The maximum atomic E-state index is 13.4. The number of carbonyl (C=O) groups is 1. The topological polar surface area (TPSA) is 50.8 Å². The number of anilines is 1. The fourth-order valence-electron chi connectivity index (χ4n) is 4.92. The third-order valence-corrected chi connectivity index (χ3v) is 6.21. The number of hydrogen-bond donors (Lipinski definition) is 1. The van der Waals surface area contributed by atoms with Crippen LogP contribution in [0.1, 0.15) is 80.1 Å². The van der Waals surface area contributed by atoms with Crippen LogP contribution in [0.15, 0.2) is 24.3 Å². The number of hydrogen-bond acceptors (Lipinski definition) is 4. The Hall–Kier alpha value is -1.59. The number of likely N-dealkylation sites (tertiary alicyclic amines) is 1. The molecule has 0 radical (unpaired) electrons. The van der Waals surface area contributed by atoms with Gasteiger partial charge in [0.05, 0.1) is 6.61 Å². The Kier molecular flexibility index (Phi) is 11.7. The summed E-state index contributed by atoms with van der Waals surface area (Å²) in [5.41, 5.74) is -0.00827. The molecule has 33 heavy (non-hydrogen) atoms. The Morgan fingerprint density at radius 1 is 1.12 bits per heavy atom. The van der Waals surface area contributed by atoms with E-state index in [1.54, 1.807) is 0 Å². The van der Waals surface area contributed by atoms with Crippen molar-refractivity contribution in [3.63, 3.8) is 0 Å². The maximum absolute atomic E-state index is 13.4. The molecule has 5 heteroatoms. The summed E-state index contributed by atoms with van der Waals surface area (Å²) in [5.74, 6) is 2.36. The molecule has 1 fully saturated rings. The normalized spacial score (nSPS) is 17.5. The number of piperidine rings is 1. The minimum absolute atomic E-state index is 0.0391. The van der Waals surface area contributed by atoms with Crippen LogP contribution in [0.2, 0.25) is 0 Å². The van der Waals surface area contributed by atoms with Gasteiger partial charge in [0.15, 0.2) is 0 Å². The standard InChI is InChI=1S/C28H48N2O3/c1-7-17-33-28(19-22(2)3,20-23(4)5)27(31)29-25-11-13-26(14-12-25)32-18-9-16-30-15-8-10-24(6)21-30/h11-14,22-24H,7-10,15-21H2,1-6H3,(H,29,31)/t24-/m0/s1. The first-order valence-corrected chi connectivity index (χ1v) is 13.1. The molecule has 188 valence electrons. The van der Waals surface area contributed by atoms with Crippen LogP contribution >= 0.6 is 0 Å². The van der Waals surface area contributed by atoms with Gasteiger partial charge < -0.3 is 19.7 Å². The summed E-state index contributed by atoms with van der Waals surface area (Å²) >= 11 is 0. The highest BCUT2D eigenvalue weighted by Crippen LogP contribution is 2.31. The van der Waals surface area contributed by atoms with Crippen molar-refractivity contribution < 1.29 is 14.3 Å². The van der Waals surface area contributed by atoms with E-state index in [0.717, 1.165) is 36.7 Å². The Labute approximate surface area is 202 Å². The van der Waals surface area contributed by atoms with Gasteiger partial charge in [-0.2, -0.15) is 0 Å². The highest BCUT2D eigenvalue weighted by molar-refractivity contribution is 5.97. The molecule has 1 heterocycles. The third kappa shape index (κ3) is 9.66. The zero-order valence-electron chi connectivity index (χ0n) is 22.0. The van der Waals surface area contributed by atoms with E-state index in [2.05, 4.69) is 51.8 Å². The van der Waals surface area contributed by atoms with E-state index in [0.29, 0.717) is 37.9 Å². The van der Waals surface area contributed by atoms with Gasteiger partial charge in [0.1, 0.15) is 11.4 Å². The van der Waals surface area contributed by atoms with Crippen molar-refractivity contribution in [2.24, 2.45) is 17.8 Å². The monoisotopic (exact) mass is 460 g/mol. The molecule has 1 aliphatic rings. The zero-order chi connectivity index (χ0) is 24.3. The number of nitrogens with zero attached hydrogens (tertiary/aromatic N) is 1. The number of rotatable bonds is 14. The molecule has 0 saturated carbocycles. The lowest BCUT2D eigenvalue weighted by Gasteiger charge is -2.35. The lowest BCUT2D eigenvalue weighted by atomic mass is 9.83. The Bertz CT molecular complexity index is 677. The number of amides is 1. The van der Waals surface area contributed by atoms with Gasteiger partial charge in [-0.05, 0) is 87.1 Å². The van der Waals surface area contributed by atoms with Crippen LogP contribution < -0.4 is 10.1 Å². The van der Waals surface area contributed by atoms with Crippen LogP contribution in [-0.2, 0) is 9.53 Å². The zero-order valence-corrected chi connectivity index (χ0v) is 22.0. The van der Waals surface area contributed by atoms with Crippen LogP contribution in [-0.4, -0.2) is 49.3 Å². The van der Waals surface area contributed by atoms with E-state index in [-0.39, 0.29) is 5.91 Å². The maximum Gasteiger partial charge on any atom is 0.256 e. The molecular formula is C28H48N2O3. The van der Waals surface area contributed by atoms with Crippen molar-refractivity contribution in [3.05, 3.63) is 24.3 Å². The predicted octanol–water partition coefficient (Wildman–Crippen LogP) is 6.38. The van der Waals surface area contributed by atoms with Crippen LogP contribution in [0.5, 0.6) is 5.75 Å². The van der Waals surface area contributed by atoms with E-state index in [1.165, 1.54) is 25.9 Å². The van der Waals surface area contributed by atoms with E-state index in [9.17, 15) is 4.79 Å². The number of nitrogens with one attached hydrogen (secondary N) is 1. The van der Waals surface area contributed by atoms with E-state index in [1.807, 2.05) is 24.3 Å².